The van der Waals surface area contributed by atoms with E-state index in [1.807, 2.05) is 12.1 Å². The predicted octanol–water partition coefficient (Wildman–Crippen LogP) is -1.23. The number of hydrogen-bond acceptors (Lipinski definition) is 8. The molecule has 0 fully saturated rings. The smallest absolute Gasteiger partial charge is 0.231 e. The first-order chi connectivity index (χ1) is 13.2. The van der Waals surface area contributed by atoms with E-state index >= 15 is 0 Å². The largest absolute Gasteiger partial charge is 0.508 e. The first-order valence-corrected chi connectivity index (χ1v) is 10.00. The third-order valence-electron chi connectivity index (χ3n) is 4.78. The summed E-state index contributed by atoms with van der Waals surface area (Å²) in [5.74, 6) is 2.11. The van der Waals surface area contributed by atoms with Gasteiger partial charge in [-0.3, -0.25) is 0 Å². The molecule has 0 aliphatic carbocycles. The number of fused-ring (bicyclic) bond motifs is 4. The van der Waals surface area contributed by atoms with Gasteiger partial charge >= 0.3 is 0 Å². The number of aryl methyl sites for hydroxylation is 2. The van der Waals surface area contributed by atoms with Gasteiger partial charge in [0.05, 0.1) is 14.9 Å². The van der Waals surface area contributed by atoms with Crippen molar-refractivity contribution in [1.29, 1.82) is 0 Å². The highest BCUT2D eigenvalue weighted by Gasteiger charge is 2.22. The number of ether oxygens (including phenoxy) is 2. The third-order valence-corrected chi connectivity index (χ3v) is 4.78. The number of benzene rings is 2. The molecule has 9 heteroatoms. The van der Waals surface area contributed by atoms with E-state index in [4.69, 9.17) is 28.1 Å². The minimum atomic E-state index is -4.69. The summed E-state index contributed by atoms with van der Waals surface area (Å²) in [7, 11) is -2.55. The quantitative estimate of drug-likeness (QED) is 0.551. The van der Waals surface area contributed by atoms with Gasteiger partial charge in [-0.05, 0) is 61.2 Å². The number of likely N-dealkylation sites (N-methyl/N-ethyl adjacent to an activating group) is 1. The lowest BCUT2D eigenvalue weighted by molar-refractivity contribution is -1.92. The van der Waals surface area contributed by atoms with Crippen LogP contribution in [-0.4, -0.2) is 35.1 Å². The lowest BCUT2D eigenvalue weighted by Gasteiger charge is -2.23. The van der Waals surface area contributed by atoms with E-state index in [0.29, 0.717) is 12.5 Å². The summed E-state index contributed by atoms with van der Waals surface area (Å²) >= 11 is 0. The normalized spacial score (nSPS) is 16.5. The summed E-state index contributed by atoms with van der Waals surface area (Å²) in [6.07, 6.45) is 2.87. The summed E-state index contributed by atoms with van der Waals surface area (Å²) in [5, 5.41) is 9.80. The lowest BCUT2D eigenvalue weighted by Crippen LogP contribution is -2.58. The minimum absolute atomic E-state index is 0.312. The van der Waals surface area contributed by atoms with Crippen molar-refractivity contribution < 1.29 is 43.5 Å². The van der Waals surface area contributed by atoms with E-state index in [1.165, 1.54) is 22.3 Å². The number of phenols is 1. The molecule has 0 saturated carbocycles. The molecule has 0 saturated heterocycles. The van der Waals surface area contributed by atoms with E-state index in [2.05, 4.69) is 24.1 Å². The Morgan fingerprint density at radius 2 is 1.64 bits per heavy atom. The lowest BCUT2D eigenvalue weighted by atomic mass is 9.93. The second kappa shape index (κ2) is 8.52. The van der Waals surface area contributed by atoms with Gasteiger partial charge in [0.2, 0.25) is 6.79 Å². The van der Waals surface area contributed by atoms with Crippen molar-refractivity contribution in [3.63, 3.8) is 0 Å². The second-order valence-electron chi connectivity index (χ2n) is 6.77. The van der Waals surface area contributed by atoms with Crippen LogP contribution in [0.5, 0.6) is 17.2 Å². The Labute approximate surface area is 164 Å². The van der Waals surface area contributed by atoms with E-state index < -0.39 is 10.2 Å². The van der Waals surface area contributed by atoms with Crippen LogP contribution in [0.1, 0.15) is 22.3 Å². The SMILES string of the molecule is CN1CCc2ccc(O)cc2CCc2ccc3c(c2C1)OCO3.[O-][Cl+3]([O-])([O-])O. The standard InChI is InChI=1S/C19H21NO3.ClHO4/c1-20-9-8-13-4-6-16(21)10-15(13)3-2-14-5-7-18-19(17(14)11-20)23-12-22-18;2-1(3,4)5/h4-7,10,21H,2-3,8-9,11-12H2,1H3;(H,2,3,4,5). The molecule has 0 amide bonds. The fraction of sp³-hybridized carbons (Fsp3) is 0.368. The van der Waals surface area contributed by atoms with Crippen molar-refractivity contribution in [1.82, 2.24) is 4.90 Å². The summed E-state index contributed by atoms with van der Waals surface area (Å²) in [6, 6.07) is 9.91. The Bertz CT molecular complexity index is 832. The molecule has 8 nitrogen and oxygen atoms in total. The Morgan fingerprint density at radius 1 is 0.964 bits per heavy atom. The Morgan fingerprint density at radius 3 is 2.39 bits per heavy atom. The molecule has 0 aromatic heterocycles. The molecule has 2 heterocycles. The van der Waals surface area contributed by atoms with Crippen LogP contribution in [0.3, 0.4) is 0 Å². The molecule has 2 aliphatic rings. The van der Waals surface area contributed by atoms with Gasteiger partial charge in [0.1, 0.15) is 5.75 Å². The number of rotatable bonds is 0. The van der Waals surface area contributed by atoms with Crippen molar-refractivity contribution >= 4 is 0 Å². The maximum atomic E-state index is 9.80. The van der Waals surface area contributed by atoms with Crippen molar-refractivity contribution in [3.05, 3.63) is 52.6 Å². The monoisotopic (exact) mass is 411 g/mol. The van der Waals surface area contributed by atoms with Crippen LogP contribution in [0.25, 0.3) is 0 Å². The zero-order chi connectivity index (χ0) is 20.3. The maximum Gasteiger partial charge on any atom is 0.231 e. The van der Waals surface area contributed by atoms with Gasteiger partial charge in [0, 0.05) is 18.7 Å². The molecule has 2 aromatic carbocycles. The Kier molecular flexibility index (Phi) is 6.29. The van der Waals surface area contributed by atoms with Gasteiger partial charge in [0.15, 0.2) is 11.5 Å². The zero-order valence-electron chi connectivity index (χ0n) is 15.4. The molecule has 4 rings (SSSR count). The first-order valence-electron chi connectivity index (χ1n) is 8.73. The topological polar surface area (TPSA) is 131 Å². The molecular weight excluding hydrogens is 390 g/mol. The van der Waals surface area contributed by atoms with Gasteiger partial charge < -0.3 is 19.5 Å². The van der Waals surface area contributed by atoms with Crippen LogP contribution in [0.4, 0.5) is 0 Å². The molecule has 0 bridgehead atoms. The molecule has 0 atom stereocenters. The molecule has 0 spiro atoms. The molecule has 0 radical (unpaired) electrons. The highest BCUT2D eigenvalue weighted by Crippen LogP contribution is 2.39. The molecule has 0 unspecified atom stereocenters. The number of aromatic hydroxyl groups is 1. The van der Waals surface area contributed by atoms with Gasteiger partial charge in [0.25, 0.3) is 0 Å². The molecule has 152 valence electrons. The van der Waals surface area contributed by atoms with E-state index in [9.17, 15) is 5.11 Å². The minimum Gasteiger partial charge on any atom is -0.508 e. The van der Waals surface area contributed by atoms with Gasteiger partial charge in [-0.25, -0.2) is 0 Å². The Balaban J connectivity index is 0.000000403. The fourth-order valence-electron chi connectivity index (χ4n) is 3.50. The second-order valence-corrected chi connectivity index (χ2v) is 7.57. The fourth-order valence-corrected chi connectivity index (χ4v) is 3.50. The van der Waals surface area contributed by atoms with Gasteiger partial charge in [-0.15, -0.1) is 0 Å². The molecular formula is C19H22ClNO7. The average molecular weight is 412 g/mol. The van der Waals surface area contributed by atoms with Crippen molar-refractivity contribution in [2.24, 2.45) is 0 Å². The van der Waals surface area contributed by atoms with Crippen LogP contribution < -0.4 is 23.5 Å². The summed E-state index contributed by atoms with van der Waals surface area (Å²) in [6.45, 7) is 2.16. The highest BCUT2D eigenvalue weighted by atomic mass is 35.7. The average Bonchev–Trinajstić information content (AvgIpc) is 3.07. The van der Waals surface area contributed by atoms with Crippen molar-refractivity contribution in [2.75, 3.05) is 20.4 Å². The number of hydrogen-bond donors (Lipinski definition) is 2. The van der Waals surface area contributed by atoms with E-state index in [-0.39, 0.29) is 0 Å². The first kappa shape index (κ1) is 20.7. The number of halogens is 1. The zero-order valence-corrected chi connectivity index (χ0v) is 16.1. The predicted molar refractivity (Wildman–Crippen MR) is 90.3 cm³/mol. The molecule has 2 N–H and O–H groups in total. The van der Waals surface area contributed by atoms with E-state index in [0.717, 1.165) is 43.9 Å². The van der Waals surface area contributed by atoms with Crippen LogP contribution in [-0.2, 0) is 25.8 Å². The van der Waals surface area contributed by atoms with Crippen molar-refractivity contribution in [2.45, 2.75) is 25.8 Å². The maximum absolute atomic E-state index is 9.80. The van der Waals surface area contributed by atoms with Crippen LogP contribution in [0, 0.1) is 10.2 Å². The summed E-state index contributed by atoms with van der Waals surface area (Å²) in [4.78, 5) is 2.32. The van der Waals surface area contributed by atoms with Gasteiger partial charge in [-0.2, -0.15) is 14.0 Å². The number of nitrogens with zero attached hydrogens (tertiary/aromatic N) is 1. The molecule has 28 heavy (non-hydrogen) atoms. The molecule has 2 aromatic rings. The highest BCUT2D eigenvalue weighted by molar-refractivity contribution is 5.52. The van der Waals surface area contributed by atoms with Crippen LogP contribution >= 0.6 is 0 Å². The van der Waals surface area contributed by atoms with Gasteiger partial charge in [-0.1, -0.05) is 12.1 Å². The third kappa shape index (κ3) is 5.48. The van der Waals surface area contributed by atoms with Crippen LogP contribution in [0.15, 0.2) is 30.3 Å². The summed E-state index contributed by atoms with van der Waals surface area (Å²) in [5.41, 5.74) is 5.12. The van der Waals surface area contributed by atoms with E-state index in [1.54, 1.807) is 6.07 Å². The van der Waals surface area contributed by atoms with Crippen LogP contribution in [0.2, 0.25) is 0 Å². The summed E-state index contributed by atoms with van der Waals surface area (Å²) < 4.78 is 44.0. The number of phenolic OH excluding ortho intramolecular Hbond substituents is 1. The Hall–Kier alpha value is -2.07. The van der Waals surface area contributed by atoms with Crippen molar-refractivity contribution in [3.8, 4) is 17.2 Å². The molecule has 2 aliphatic heterocycles.